The lowest BCUT2D eigenvalue weighted by atomic mass is 9.72. The highest BCUT2D eigenvalue weighted by atomic mass is 32.2. The van der Waals surface area contributed by atoms with Crippen molar-refractivity contribution < 1.29 is 16.8 Å². The van der Waals surface area contributed by atoms with E-state index in [-0.39, 0.29) is 5.92 Å². The Labute approximate surface area is 176 Å². The standard InChI is InChI=1S/C21H36N2O4S2/c1-4-5-15-21(2,29(22,26)27)20-12-10-19(11-13-20)18-8-6-17(7-9-18)14-16-23-28(3,24)25/h6-9,19-20,23H,4-5,10-16H2,1-3H3,(H2,22,26,27). The summed E-state index contributed by atoms with van der Waals surface area (Å²) in [5.74, 6) is 0.548. The van der Waals surface area contributed by atoms with Crippen molar-refractivity contribution in [3.05, 3.63) is 35.4 Å². The topological polar surface area (TPSA) is 106 Å². The van der Waals surface area contributed by atoms with Crippen molar-refractivity contribution in [2.45, 2.75) is 75.9 Å². The minimum atomic E-state index is -3.59. The fraction of sp³-hybridized carbons (Fsp3) is 0.714. The highest BCUT2D eigenvalue weighted by molar-refractivity contribution is 7.90. The summed E-state index contributed by atoms with van der Waals surface area (Å²) >= 11 is 0. The predicted octanol–water partition coefficient (Wildman–Crippen LogP) is 3.29. The van der Waals surface area contributed by atoms with Gasteiger partial charge in [0.25, 0.3) is 0 Å². The molecule has 1 aliphatic rings. The van der Waals surface area contributed by atoms with Crippen LogP contribution in [0.25, 0.3) is 0 Å². The van der Waals surface area contributed by atoms with E-state index in [4.69, 9.17) is 5.14 Å². The molecule has 1 aliphatic carbocycles. The van der Waals surface area contributed by atoms with Crippen molar-refractivity contribution in [1.82, 2.24) is 4.72 Å². The van der Waals surface area contributed by atoms with Gasteiger partial charge < -0.3 is 0 Å². The summed E-state index contributed by atoms with van der Waals surface area (Å²) in [6.07, 6.45) is 7.99. The summed E-state index contributed by atoms with van der Waals surface area (Å²) < 4.78 is 48.6. The number of sulfonamides is 2. The third-order valence-electron chi connectivity index (χ3n) is 6.50. The highest BCUT2D eigenvalue weighted by Gasteiger charge is 2.44. The molecule has 0 saturated heterocycles. The fourth-order valence-corrected chi connectivity index (χ4v) is 6.08. The number of hydrogen-bond acceptors (Lipinski definition) is 4. The van der Waals surface area contributed by atoms with E-state index in [2.05, 4.69) is 35.9 Å². The first-order chi connectivity index (χ1) is 13.5. The Morgan fingerprint density at radius 1 is 1.07 bits per heavy atom. The predicted molar refractivity (Wildman–Crippen MR) is 119 cm³/mol. The van der Waals surface area contributed by atoms with Gasteiger partial charge in [-0.15, -0.1) is 0 Å². The van der Waals surface area contributed by atoms with E-state index in [9.17, 15) is 16.8 Å². The van der Waals surface area contributed by atoms with Gasteiger partial charge in [-0.25, -0.2) is 26.7 Å². The molecule has 1 aromatic rings. The average Bonchev–Trinajstić information content (AvgIpc) is 2.65. The summed E-state index contributed by atoms with van der Waals surface area (Å²) in [5.41, 5.74) is 2.37. The van der Waals surface area contributed by atoms with E-state index in [1.807, 2.05) is 6.92 Å². The van der Waals surface area contributed by atoms with Gasteiger partial charge in [0.1, 0.15) is 0 Å². The lowest BCUT2D eigenvalue weighted by Crippen LogP contribution is -2.48. The Kier molecular flexibility index (Phi) is 8.30. The van der Waals surface area contributed by atoms with Crippen LogP contribution in [0.4, 0.5) is 0 Å². The van der Waals surface area contributed by atoms with Gasteiger partial charge in [0.2, 0.25) is 20.0 Å². The molecule has 1 unspecified atom stereocenters. The Balaban J connectivity index is 1.96. The molecular formula is C21H36N2O4S2. The minimum Gasteiger partial charge on any atom is -0.228 e. The molecule has 6 nitrogen and oxygen atoms in total. The Hall–Kier alpha value is -0.960. The lowest BCUT2D eigenvalue weighted by molar-refractivity contribution is 0.247. The van der Waals surface area contributed by atoms with Gasteiger partial charge in [-0.05, 0) is 68.4 Å². The van der Waals surface area contributed by atoms with Gasteiger partial charge in [0, 0.05) is 6.54 Å². The maximum Gasteiger partial charge on any atom is 0.214 e. The number of unbranched alkanes of at least 4 members (excludes halogenated alkanes) is 1. The summed E-state index contributed by atoms with van der Waals surface area (Å²) in [4.78, 5) is 0. The van der Waals surface area contributed by atoms with E-state index in [0.29, 0.717) is 25.3 Å². The Bertz CT molecular complexity index is 858. The highest BCUT2D eigenvalue weighted by Crippen LogP contribution is 2.44. The van der Waals surface area contributed by atoms with Crippen molar-refractivity contribution in [3.8, 4) is 0 Å². The first-order valence-electron chi connectivity index (χ1n) is 10.5. The zero-order chi connectivity index (χ0) is 21.7. The second kappa shape index (κ2) is 9.90. The van der Waals surface area contributed by atoms with Crippen molar-refractivity contribution in [1.29, 1.82) is 0 Å². The van der Waals surface area contributed by atoms with E-state index in [1.165, 1.54) is 5.56 Å². The van der Waals surface area contributed by atoms with Gasteiger partial charge in [-0.3, -0.25) is 0 Å². The molecule has 0 aromatic heterocycles. The largest absolute Gasteiger partial charge is 0.228 e. The molecule has 1 saturated carbocycles. The van der Waals surface area contributed by atoms with Crippen LogP contribution < -0.4 is 9.86 Å². The molecule has 0 bridgehead atoms. The molecule has 0 spiro atoms. The van der Waals surface area contributed by atoms with Gasteiger partial charge in [0.05, 0.1) is 11.0 Å². The molecule has 8 heteroatoms. The monoisotopic (exact) mass is 444 g/mol. The number of hydrogen-bond donors (Lipinski definition) is 2. The molecule has 0 radical (unpaired) electrons. The minimum absolute atomic E-state index is 0.113. The Morgan fingerprint density at radius 3 is 2.14 bits per heavy atom. The van der Waals surface area contributed by atoms with E-state index in [0.717, 1.165) is 50.3 Å². The van der Waals surface area contributed by atoms with E-state index < -0.39 is 24.8 Å². The molecule has 1 aromatic carbocycles. The van der Waals surface area contributed by atoms with Crippen molar-refractivity contribution in [2.24, 2.45) is 11.1 Å². The van der Waals surface area contributed by atoms with Crippen molar-refractivity contribution >= 4 is 20.0 Å². The van der Waals surface area contributed by atoms with Crippen LogP contribution in [0.2, 0.25) is 0 Å². The third kappa shape index (κ3) is 6.77. The molecule has 0 amide bonds. The number of nitrogens with two attached hydrogens (primary N) is 1. The van der Waals surface area contributed by atoms with Crippen LogP contribution in [0.1, 0.15) is 75.8 Å². The van der Waals surface area contributed by atoms with Crippen LogP contribution in [0.3, 0.4) is 0 Å². The van der Waals surface area contributed by atoms with Gasteiger partial charge in [0.15, 0.2) is 0 Å². The molecule has 3 N–H and O–H groups in total. The second-order valence-corrected chi connectivity index (χ2v) is 12.5. The maximum absolute atomic E-state index is 12.3. The molecule has 2 rings (SSSR count). The fourth-order valence-electron chi connectivity index (χ4n) is 4.48. The summed E-state index contributed by atoms with van der Waals surface area (Å²) in [7, 11) is -6.75. The average molecular weight is 445 g/mol. The van der Waals surface area contributed by atoms with Crippen LogP contribution in [-0.2, 0) is 26.5 Å². The SMILES string of the molecule is CCCCC(C)(C1CCC(c2ccc(CCNS(C)(=O)=O)cc2)CC1)S(N)(=O)=O. The summed E-state index contributed by atoms with van der Waals surface area (Å²) in [6.45, 7) is 4.30. The first-order valence-corrected chi connectivity index (χ1v) is 14.0. The van der Waals surface area contributed by atoms with Crippen LogP contribution in [0.5, 0.6) is 0 Å². The van der Waals surface area contributed by atoms with Crippen LogP contribution in [0.15, 0.2) is 24.3 Å². The zero-order valence-electron chi connectivity index (χ0n) is 17.9. The molecule has 1 fully saturated rings. The lowest BCUT2D eigenvalue weighted by Gasteiger charge is -2.40. The Morgan fingerprint density at radius 2 is 1.66 bits per heavy atom. The number of primary sulfonamides is 1. The molecule has 1 atom stereocenters. The number of nitrogens with one attached hydrogen (secondary N) is 1. The normalized spacial score (nSPS) is 22.9. The number of benzene rings is 1. The van der Waals surface area contributed by atoms with Crippen LogP contribution in [0, 0.1) is 5.92 Å². The molecule has 0 aliphatic heterocycles. The van der Waals surface area contributed by atoms with Crippen LogP contribution >= 0.6 is 0 Å². The molecular weight excluding hydrogens is 408 g/mol. The number of rotatable bonds is 10. The van der Waals surface area contributed by atoms with E-state index >= 15 is 0 Å². The maximum atomic E-state index is 12.3. The first kappa shape index (κ1) is 24.3. The second-order valence-electron chi connectivity index (χ2n) is 8.67. The van der Waals surface area contributed by atoms with Crippen molar-refractivity contribution in [3.63, 3.8) is 0 Å². The molecule has 0 heterocycles. The smallest absolute Gasteiger partial charge is 0.214 e. The van der Waals surface area contributed by atoms with Crippen molar-refractivity contribution in [2.75, 3.05) is 12.8 Å². The van der Waals surface area contributed by atoms with Crippen LogP contribution in [-0.4, -0.2) is 34.4 Å². The third-order valence-corrected chi connectivity index (χ3v) is 9.06. The van der Waals surface area contributed by atoms with Gasteiger partial charge in [-0.1, -0.05) is 44.0 Å². The molecule has 166 valence electrons. The quantitative estimate of drug-likeness (QED) is 0.577. The van der Waals surface area contributed by atoms with Gasteiger partial charge in [-0.2, -0.15) is 0 Å². The summed E-state index contributed by atoms with van der Waals surface area (Å²) in [6, 6.07) is 8.36. The van der Waals surface area contributed by atoms with E-state index in [1.54, 1.807) is 0 Å². The zero-order valence-corrected chi connectivity index (χ0v) is 19.5. The summed E-state index contributed by atoms with van der Waals surface area (Å²) in [5, 5.41) is 5.64. The van der Waals surface area contributed by atoms with Gasteiger partial charge >= 0.3 is 0 Å². The molecule has 29 heavy (non-hydrogen) atoms.